The molecule has 0 bridgehead atoms. The molecule has 5 heteroatoms. The van der Waals surface area contributed by atoms with Gasteiger partial charge in [-0.05, 0) is 157 Å². The molecule has 0 amide bonds. The van der Waals surface area contributed by atoms with Crippen LogP contribution in [0, 0.1) is 13.8 Å². The first-order valence-corrected chi connectivity index (χ1v) is 26.8. The van der Waals surface area contributed by atoms with E-state index in [1.54, 1.807) is 0 Å². The molecule has 0 N–H and O–H groups in total. The van der Waals surface area contributed by atoms with Crippen LogP contribution in [0.1, 0.15) is 143 Å². The molecule has 73 heavy (non-hydrogen) atoms. The Hall–Kier alpha value is -6.72. The van der Waals surface area contributed by atoms with Gasteiger partial charge in [-0.15, -0.1) is 0 Å². The minimum Gasteiger partial charge on any atom is -0.311 e. The Morgan fingerprint density at radius 1 is 0.397 bits per heavy atom. The lowest BCUT2D eigenvalue weighted by Gasteiger charge is -2.45. The van der Waals surface area contributed by atoms with Gasteiger partial charge in [0, 0.05) is 50.0 Å². The quantitative estimate of drug-likeness (QED) is 0.164. The standard InChI is InChI=1S/C68H73BN4/c1-40-41(2)70(47-21-19-18-20-22-47)63-58(40)69-52-39-46(68(15,16)17)29-36-55(52)71(48-30-23-42(24-31-48)64(3,4)5)61-56-50-37-44(66(9,10)11)27-34-53(50)73-54-35-28-45(67(12,13)14)38-51(54)57(60(56)73)62(59(61)69)72(63)49-32-25-43(26-33-49)65(6,7)8/h18-39H,1-17H3. The van der Waals surface area contributed by atoms with Crippen molar-refractivity contribution in [2.45, 2.75) is 145 Å². The smallest absolute Gasteiger partial charge is 0.254 e. The van der Waals surface area contributed by atoms with Crippen molar-refractivity contribution in [1.29, 1.82) is 0 Å². The van der Waals surface area contributed by atoms with E-state index < -0.39 is 0 Å². The van der Waals surface area contributed by atoms with Gasteiger partial charge in [-0.2, -0.15) is 0 Å². The van der Waals surface area contributed by atoms with E-state index in [0.29, 0.717) is 0 Å². The molecule has 7 aromatic carbocycles. The molecule has 4 nitrogen and oxygen atoms in total. The lowest BCUT2D eigenvalue weighted by Crippen LogP contribution is -2.62. The Kier molecular flexibility index (Phi) is 9.99. The summed E-state index contributed by atoms with van der Waals surface area (Å²) in [6.07, 6.45) is 0. The van der Waals surface area contributed by atoms with Crippen LogP contribution >= 0.6 is 0 Å². The summed E-state index contributed by atoms with van der Waals surface area (Å²) in [6.45, 7) is 39.8. The van der Waals surface area contributed by atoms with Crippen molar-refractivity contribution in [2.24, 2.45) is 0 Å². The summed E-state index contributed by atoms with van der Waals surface area (Å²) < 4.78 is 5.22. The molecule has 2 aliphatic heterocycles. The molecule has 12 rings (SSSR count). The second kappa shape index (κ2) is 15.4. The molecule has 5 heterocycles. The highest BCUT2D eigenvalue weighted by molar-refractivity contribution is 7.01. The molecule has 0 unspecified atom stereocenters. The van der Waals surface area contributed by atoms with Gasteiger partial charge in [0.1, 0.15) is 5.82 Å². The average molecular weight is 957 g/mol. The monoisotopic (exact) mass is 957 g/mol. The van der Waals surface area contributed by atoms with Crippen molar-refractivity contribution in [3.63, 3.8) is 0 Å². The number of aromatic nitrogens is 2. The van der Waals surface area contributed by atoms with Crippen LogP contribution in [0.4, 0.5) is 34.3 Å². The fourth-order valence-corrected chi connectivity index (χ4v) is 12.5. The van der Waals surface area contributed by atoms with Gasteiger partial charge in [-0.3, -0.25) is 4.90 Å². The SMILES string of the molecule is Cc1c2c(n(-c3ccccc3)c1C)N(c1ccc(C(C)(C)C)cc1)c1c3c(c4c5cc(C(C)(C)C)ccc5n5c6ccc(C(C)(C)C)cc6c1c45)N(c1ccc(C(C)(C)C)cc1)c1ccc(C(C)(C)C)cc1B32. The van der Waals surface area contributed by atoms with Gasteiger partial charge in [-0.25, -0.2) is 0 Å². The molecule has 0 saturated heterocycles. The summed E-state index contributed by atoms with van der Waals surface area (Å²) in [5.41, 5.74) is 24.2. The van der Waals surface area contributed by atoms with E-state index in [0.717, 1.165) is 5.69 Å². The first-order chi connectivity index (χ1) is 34.2. The number of nitrogens with zero attached hydrogens (tertiary/aromatic N) is 4. The first kappa shape index (κ1) is 47.3. The molecule has 10 aromatic rings. The van der Waals surface area contributed by atoms with Gasteiger partial charge in [0.15, 0.2) is 0 Å². The highest BCUT2D eigenvalue weighted by atomic mass is 15.3. The van der Waals surface area contributed by atoms with Gasteiger partial charge in [0.05, 0.1) is 27.9 Å². The van der Waals surface area contributed by atoms with Crippen LogP contribution in [0.3, 0.4) is 0 Å². The summed E-state index contributed by atoms with van der Waals surface area (Å²) in [5, 5.41) is 5.24. The third kappa shape index (κ3) is 6.93. The third-order valence-corrected chi connectivity index (χ3v) is 16.8. The third-order valence-electron chi connectivity index (χ3n) is 16.8. The second-order valence-electron chi connectivity index (χ2n) is 26.8. The van der Waals surface area contributed by atoms with E-state index in [9.17, 15) is 0 Å². The van der Waals surface area contributed by atoms with E-state index in [-0.39, 0.29) is 33.8 Å². The Labute approximate surface area is 435 Å². The summed E-state index contributed by atoms with van der Waals surface area (Å²) in [6, 6.07) is 52.4. The summed E-state index contributed by atoms with van der Waals surface area (Å²) in [7, 11) is 0. The molecular weight excluding hydrogens is 884 g/mol. The maximum atomic E-state index is 2.71. The van der Waals surface area contributed by atoms with E-state index >= 15 is 0 Å². The topological polar surface area (TPSA) is 15.8 Å². The van der Waals surface area contributed by atoms with Crippen molar-refractivity contribution in [3.05, 3.63) is 173 Å². The van der Waals surface area contributed by atoms with Gasteiger partial charge < -0.3 is 13.9 Å². The molecule has 0 saturated carbocycles. The number of hydrogen-bond donors (Lipinski definition) is 0. The maximum Gasteiger partial charge on any atom is 0.254 e. The van der Waals surface area contributed by atoms with Gasteiger partial charge in [-0.1, -0.05) is 171 Å². The van der Waals surface area contributed by atoms with Crippen LogP contribution in [0.25, 0.3) is 43.8 Å². The number of para-hydroxylation sites is 1. The van der Waals surface area contributed by atoms with Gasteiger partial charge >= 0.3 is 0 Å². The second-order valence-corrected chi connectivity index (χ2v) is 26.8. The molecule has 2 aliphatic rings. The summed E-state index contributed by atoms with van der Waals surface area (Å²) >= 11 is 0. The Balaban J connectivity index is 1.38. The predicted octanol–water partition coefficient (Wildman–Crippen LogP) is 16.8. The zero-order valence-corrected chi connectivity index (χ0v) is 46.6. The molecule has 3 aromatic heterocycles. The number of hydrogen-bond acceptors (Lipinski definition) is 2. The fraction of sp³-hybridized carbons (Fsp3) is 0.324. The van der Waals surface area contributed by atoms with E-state index in [2.05, 4.69) is 270 Å². The van der Waals surface area contributed by atoms with E-state index in [4.69, 9.17) is 0 Å². The predicted molar refractivity (Wildman–Crippen MR) is 317 cm³/mol. The molecule has 0 spiro atoms. The molecule has 368 valence electrons. The lowest BCUT2D eigenvalue weighted by atomic mass is 9.33. The zero-order valence-electron chi connectivity index (χ0n) is 46.6. The molecule has 0 radical (unpaired) electrons. The van der Waals surface area contributed by atoms with Crippen LogP contribution in [-0.2, 0) is 27.1 Å². The Morgan fingerprint density at radius 3 is 1.30 bits per heavy atom. The minimum absolute atomic E-state index is 0.00702. The molecular formula is C68H73BN4. The highest BCUT2D eigenvalue weighted by Crippen LogP contribution is 2.56. The van der Waals surface area contributed by atoms with Crippen molar-refractivity contribution in [2.75, 3.05) is 9.80 Å². The van der Waals surface area contributed by atoms with Crippen LogP contribution in [-0.4, -0.2) is 15.7 Å². The summed E-state index contributed by atoms with van der Waals surface area (Å²) in [5.74, 6) is 1.22. The van der Waals surface area contributed by atoms with Gasteiger partial charge in [0.2, 0.25) is 0 Å². The van der Waals surface area contributed by atoms with Crippen molar-refractivity contribution >= 4 is 95.5 Å². The number of anilines is 6. The van der Waals surface area contributed by atoms with Crippen molar-refractivity contribution < 1.29 is 0 Å². The van der Waals surface area contributed by atoms with Crippen molar-refractivity contribution in [3.8, 4) is 5.69 Å². The highest BCUT2D eigenvalue weighted by Gasteiger charge is 2.49. The average Bonchev–Trinajstić information content (AvgIpc) is 3.94. The van der Waals surface area contributed by atoms with Crippen molar-refractivity contribution in [1.82, 2.24) is 8.97 Å². The number of rotatable bonds is 3. The van der Waals surface area contributed by atoms with Crippen LogP contribution in [0.15, 0.2) is 133 Å². The normalized spacial score (nSPS) is 14.3. The molecule has 0 atom stereocenters. The largest absolute Gasteiger partial charge is 0.311 e. The number of fused-ring (bicyclic) bond motifs is 12. The minimum atomic E-state index is -0.0872. The Morgan fingerprint density at radius 2 is 0.822 bits per heavy atom. The molecule has 0 aliphatic carbocycles. The lowest BCUT2D eigenvalue weighted by molar-refractivity contribution is 0.590. The van der Waals surface area contributed by atoms with Gasteiger partial charge in [0.25, 0.3) is 6.71 Å². The van der Waals surface area contributed by atoms with Crippen LogP contribution in [0.2, 0.25) is 0 Å². The molecule has 0 fully saturated rings. The van der Waals surface area contributed by atoms with E-state index in [1.165, 1.54) is 128 Å². The zero-order chi connectivity index (χ0) is 51.8. The maximum absolute atomic E-state index is 2.71. The van der Waals surface area contributed by atoms with E-state index in [1.807, 2.05) is 0 Å². The number of benzene rings is 7. The summed E-state index contributed by atoms with van der Waals surface area (Å²) in [4.78, 5) is 5.39. The fourth-order valence-electron chi connectivity index (χ4n) is 12.5. The van der Waals surface area contributed by atoms with Crippen LogP contribution < -0.4 is 26.2 Å². The Bertz CT molecular complexity index is 3870. The first-order valence-electron chi connectivity index (χ1n) is 26.8. The van der Waals surface area contributed by atoms with Crippen LogP contribution in [0.5, 0.6) is 0 Å².